The highest BCUT2D eigenvalue weighted by atomic mass is 15.2. The molecule has 1 heterocycles. The summed E-state index contributed by atoms with van der Waals surface area (Å²) in [7, 11) is 2.18. The summed E-state index contributed by atoms with van der Waals surface area (Å²) in [6.07, 6.45) is 8.85. The second kappa shape index (κ2) is 7.11. The maximum absolute atomic E-state index is 4.66. The Morgan fingerprint density at radius 2 is 2.05 bits per heavy atom. The number of imidazole rings is 1. The summed E-state index contributed by atoms with van der Waals surface area (Å²) in [4.78, 5) is 7.04. The van der Waals surface area contributed by atoms with Crippen molar-refractivity contribution >= 4 is 5.95 Å². The lowest BCUT2D eigenvalue weighted by Gasteiger charge is -2.25. The van der Waals surface area contributed by atoms with E-state index in [-0.39, 0.29) is 0 Å². The van der Waals surface area contributed by atoms with E-state index in [0.717, 1.165) is 24.7 Å². The van der Waals surface area contributed by atoms with E-state index in [0.29, 0.717) is 12.1 Å². The van der Waals surface area contributed by atoms with Crippen LogP contribution in [0.1, 0.15) is 51.6 Å². The molecule has 1 N–H and O–H groups in total. The van der Waals surface area contributed by atoms with Gasteiger partial charge in [0.15, 0.2) is 0 Å². The maximum Gasteiger partial charge on any atom is 0.203 e. The largest absolute Gasteiger partial charge is 0.353 e. The van der Waals surface area contributed by atoms with Gasteiger partial charge in [-0.05, 0) is 40.7 Å². The molecule has 1 aromatic rings. The van der Waals surface area contributed by atoms with Crippen molar-refractivity contribution in [2.75, 3.05) is 18.9 Å². The first-order valence-corrected chi connectivity index (χ1v) is 8.07. The van der Waals surface area contributed by atoms with Crippen LogP contribution in [0.15, 0.2) is 6.20 Å². The smallest absolute Gasteiger partial charge is 0.203 e. The van der Waals surface area contributed by atoms with Crippen molar-refractivity contribution in [1.82, 2.24) is 14.5 Å². The standard InChI is InChI=1S/C16H30N4/c1-13(2)19(4)10-11-20-12-14(3)17-16(20)18-15-8-6-5-7-9-15/h12-13,15H,5-11H2,1-4H3,(H,17,18). The minimum atomic E-state index is 0.592. The summed E-state index contributed by atoms with van der Waals surface area (Å²) in [5.74, 6) is 1.06. The van der Waals surface area contributed by atoms with Gasteiger partial charge in [-0.1, -0.05) is 19.3 Å². The van der Waals surface area contributed by atoms with E-state index in [1.165, 1.54) is 32.1 Å². The zero-order valence-electron chi connectivity index (χ0n) is 13.5. The van der Waals surface area contributed by atoms with E-state index in [4.69, 9.17) is 0 Å². The fraction of sp³-hybridized carbons (Fsp3) is 0.812. The molecule has 1 aliphatic carbocycles. The third-order valence-corrected chi connectivity index (χ3v) is 4.41. The van der Waals surface area contributed by atoms with Crippen LogP contribution in [0, 0.1) is 6.92 Å². The SMILES string of the molecule is Cc1cn(CCN(C)C(C)C)c(NC2CCCCC2)n1. The van der Waals surface area contributed by atoms with E-state index in [2.05, 4.69) is 53.8 Å². The molecule has 0 unspecified atom stereocenters. The van der Waals surface area contributed by atoms with Crippen LogP contribution >= 0.6 is 0 Å². The second-order valence-electron chi connectivity index (χ2n) is 6.45. The number of aryl methyl sites for hydroxylation is 1. The van der Waals surface area contributed by atoms with Gasteiger partial charge >= 0.3 is 0 Å². The van der Waals surface area contributed by atoms with Crippen LogP contribution < -0.4 is 5.32 Å². The van der Waals surface area contributed by atoms with Gasteiger partial charge in [-0.25, -0.2) is 4.98 Å². The second-order valence-corrected chi connectivity index (χ2v) is 6.45. The Morgan fingerprint density at radius 1 is 1.35 bits per heavy atom. The van der Waals surface area contributed by atoms with Crippen molar-refractivity contribution in [3.8, 4) is 0 Å². The molecule has 20 heavy (non-hydrogen) atoms. The third kappa shape index (κ3) is 4.23. The molecule has 0 spiro atoms. The number of hydrogen-bond donors (Lipinski definition) is 1. The molecular weight excluding hydrogens is 248 g/mol. The van der Waals surface area contributed by atoms with Gasteiger partial charge in [0.05, 0.1) is 5.69 Å². The molecule has 0 aliphatic heterocycles. The highest BCUT2D eigenvalue weighted by Crippen LogP contribution is 2.21. The van der Waals surface area contributed by atoms with Gasteiger partial charge in [0, 0.05) is 31.4 Å². The molecule has 0 saturated heterocycles. The summed E-state index contributed by atoms with van der Waals surface area (Å²) in [6.45, 7) is 8.62. The molecule has 4 heteroatoms. The molecule has 0 aromatic carbocycles. The van der Waals surface area contributed by atoms with Gasteiger partial charge in [0.1, 0.15) is 0 Å². The van der Waals surface area contributed by atoms with Crippen LogP contribution in [-0.2, 0) is 6.54 Å². The summed E-state index contributed by atoms with van der Waals surface area (Å²) in [6, 6.07) is 1.21. The van der Waals surface area contributed by atoms with Gasteiger partial charge < -0.3 is 14.8 Å². The first-order chi connectivity index (χ1) is 9.56. The fourth-order valence-corrected chi connectivity index (χ4v) is 2.79. The molecule has 1 aromatic heterocycles. The van der Waals surface area contributed by atoms with E-state index in [1.54, 1.807) is 0 Å². The zero-order chi connectivity index (χ0) is 14.5. The lowest BCUT2D eigenvalue weighted by molar-refractivity contribution is 0.263. The lowest BCUT2D eigenvalue weighted by atomic mass is 9.96. The topological polar surface area (TPSA) is 33.1 Å². The summed E-state index contributed by atoms with van der Waals surface area (Å²) < 4.78 is 2.28. The Morgan fingerprint density at radius 3 is 2.70 bits per heavy atom. The highest BCUT2D eigenvalue weighted by Gasteiger charge is 2.16. The first-order valence-electron chi connectivity index (χ1n) is 8.07. The third-order valence-electron chi connectivity index (χ3n) is 4.41. The normalized spacial score (nSPS) is 17.1. The maximum atomic E-state index is 4.66. The summed E-state index contributed by atoms with van der Waals surface area (Å²) >= 11 is 0. The molecule has 114 valence electrons. The van der Waals surface area contributed by atoms with Gasteiger partial charge in [-0.2, -0.15) is 0 Å². The van der Waals surface area contributed by atoms with Crippen molar-refractivity contribution in [3.63, 3.8) is 0 Å². The number of anilines is 1. The molecule has 0 radical (unpaired) electrons. The Labute approximate surface area is 123 Å². The zero-order valence-corrected chi connectivity index (χ0v) is 13.5. The number of nitrogens with zero attached hydrogens (tertiary/aromatic N) is 3. The minimum absolute atomic E-state index is 0.592. The van der Waals surface area contributed by atoms with Crippen LogP contribution in [0.25, 0.3) is 0 Å². The molecule has 0 amide bonds. The van der Waals surface area contributed by atoms with Crippen molar-refractivity contribution < 1.29 is 0 Å². The number of aromatic nitrogens is 2. The van der Waals surface area contributed by atoms with E-state index in [1.807, 2.05) is 0 Å². The highest BCUT2D eigenvalue weighted by molar-refractivity contribution is 5.30. The van der Waals surface area contributed by atoms with Crippen molar-refractivity contribution in [2.45, 2.75) is 71.5 Å². The Bertz CT molecular complexity index is 405. The average molecular weight is 278 g/mol. The number of nitrogens with one attached hydrogen (secondary N) is 1. The quantitative estimate of drug-likeness (QED) is 0.867. The molecule has 1 fully saturated rings. The Kier molecular flexibility index (Phi) is 5.46. The number of hydrogen-bond acceptors (Lipinski definition) is 3. The van der Waals surface area contributed by atoms with Crippen LogP contribution in [-0.4, -0.2) is 40.1 Å². The minimum Gasteiger partial charge on any atom is -0.353 e. The van der Waals surface area contributed by atoms with Crippen molar-refractivity contribution in [2.24, 2.45) is 0 Å². The van der Waals surface area contributed by atoms with Crippen LogP contribution in [0.3, 0.4) is 0 Å². The van der Waals surface area contributed by atoms with Crippen LogP contribution in [0.4, 0.5) is 5.95 Å². The van der Waals surface area contributed by atoms with Crippen molar-refractivity contribution in [1.29, 1.82) is 0 Å². The molecule has 0 bridgehead atoms. The summed E-state index contributed by atoms with van der Waals surface area (Å²) in [5.41, 5.74) is 1.11. The predicted octanol–water partition coefficient (Wildman–Crippen LogP) is 3.28. The summed E-state index contributed by atoms with van der Waals surface area (Å²) in [5, 5.41) is 3.66. The molecule has 0 atom stereocenters. The van der Waals surface area contributed by atoms with Gasteiger partial charge in [-0.3, -0.25) is 0 Å². The number of rotatable bonds is 6. The van der Waals surface area contributed by atoms with Crippen molar-refractivity contribution in [3.05, 3.63) is 11.9 Å². The van der Waals surface area contributed by atoms with Crippen LogP contribution in [0.2, 0.25) is 0 Å². The first kappa shape index (κ1) is 15.4. The van der Waals surface area contributed by atoms with E-state index in [9.17, 15) is 0 Å². The van der Waals surface area contributed by atoms with Gasteiger partial charge in [0.25, 0.3) is 0 Å². The Hall–Kier alpha value is -1.03. The monoisotopic (exact) mass is 278 g/mol. The number of likely N-dealkylation sites (N-methyl/N-ethyl adjacent to an activating group) is 1. The molecule has 1 aliphatic rings. The van der Waals surface area contributed by atoms with Gasteiger partial charge in [-0.15, -0.1) is 0 Å². The fourth-order valence-electron chi connectivity index (χ4n) is 2.79. The molecule has 2 rings (SSSR count). The predicted molar refractivity (Wildman–Crippen MR) is 85.2 cm³/mol. The Balaban J connectivity index is 1.94. The van der Waals surface area contributed by atoms with Gasteiger partial charge in [0.2, 0.25) is 5.95 Å². The van der Waals surface area contributed by atoms with Crippen LogP contribution in [0.5, 0.6) is 0 Å². The lowest BCUT2D eigenvalue weighted by Crippen LogP contribution is -2.30. The molecular formula is C16H30N4. The van der Waals surface area contributed by atoms with E-state index >= 15 is 0 Å². The molecule has 1 saturated carbocycles. The molecule has 4 nitrogen and oxygen atoms in total. The van der Waals surface area contributed by atoms with E-state index < -0.39 is 0 Å². The average Bonchev–Trinajstić information content (AvgIpc) is 2.77.